The molecule has 0 aromatic rings. The van der Waals surface area contributed by atoms with Gasteiger partial charge in [-0.05, 0) is 11.8 Å². The van der Waals surface area contributed by atoms with Crippen LogP contribution in [0, 0.1) is 11.3 Å². The second-order valence-electron chi connectivity index (χ2n) is 4.46. The van der Waals surface area contributed by atoms with Crippen molar-refractivity contribution < 1.29 is 14.3 Å². The summed E-state index contributed by atoms with van der Waals surface area (Å²) in [5.74, 6) is -0.110. The van der Waals surface area contributed by atoms with E-state index in [4.69, 9.17) is 9.47 Å². The van der Waals surface area contributed by atoms with E-state index in [9.17, 15) is 4.79 Å². The Kier molecular flexibility index (Phi) is 6.57. The first-order valence-electron chi connectivity index (χ1n) is 5.65. The van der Waals surface area contributed by atoms with Crippen molar-refractivity contribution in [1.82, 2.24) is 0 Å². The molecule has 90 valence electrons. The van der Waals surface area contributed by atoms with Crippen LogP contribution in [0.4, 0.5) is 0 Å². The van der Waals surface area contributed by atoms with Gasteiger partial charge in [0.15, 0.2) is 0 Å². The molecule has 0 spiro atoms. The van der Waals surface area contributed by atoms with Gasteiger partial charge in [0.2, 0.25) is 0 Å². The molecule has 0 heterocycles. The number of ether oxygens (including phenoxy) is 2. The first-order chi connectivity index (χ1) is 6.99. The fraction of sp³-hybridized carbons (Fsp3) is 0.917. The third-order valence-corrected chi connectivity index (χ3v) is 3.08. The lowest BCUT2D eigenvalue weighted by Crippen LogP contribution is -2.32. The van der Waals surface area contributed by atoms with Gasteiger partial charge in [-0.25, -0.2) is 0 Å². The Labute approximate surface area is 93.1 Å². The van der Waals surface area contributed by atoms with Crippen LogP contribution in [0.25, 0.3) is 0 Å². The quantitative estimate of drug-likeness (QED) is 0.485. The molecule has 0 aliphatic carbocycles. The molecular formula is C12H24O3. The van der Waals surface area contributed by atoms with Crippen molar-refractivity contribution in [2.75, 3.05) is 20.3 Å². The maximum absolute atomic E-state index is 11.8. The second kappa shape index (κ2) is 6.83. The van der Waals surface area contributed by atoms with E-state index in [0.29, 0.717) is 13.2 Å². The Bertz CT molecular complexity index is 187. The lowest BCUT2D eigenvalue weighted by atomic mass is 9.75. The molecular weight excluding hydrogens is 192 g/mol. The fourth-order valence-corrected chi connectivity index (χ4v) is 1.61. The number of carbonyl (C=O) groups is 1. The van der Waals surface area contributed by atoms with Gasteiger partial charge in [-0.15, -0.1) is 0 Å². The molecule has 0 aliphatic heterocycles. The zero-order valence-corrected chi connectivity index (χ0v) is 10.6. The summed E-state index contributed by atoms with van der Waals surface area (Å²) in [5.41, 5.74) is 0.0128. The minimum Gasteiger partial charge on any atom is -0.463 e. The van der Waals surface area contributed by atoms with E-state index in [1.54, 1.807) is 7.11 Å². The van der Waals surface area contributed by atoms with Crippen LogP contribution in [0.2, 0.25) is 0 Å². The zero-order chi connectivity index (χ0) is 11.9. The van der Waals surface area contributed by atoms with Gasteiger partial charge in [0.1, 0.15) is 6.61 Å². The summed E-state index contributed by atoms with van der Waals surface area (Å²) in [7, 11) is 1.60. The standard InChI is InChI=1S/C12H24O3/c1-6-10(12(3,4)7-2)11(13)15-9-8-14-5/h10H,6-9H2,1-5H3. The van der Waals surface area contributed by atoms with Crippen LogP contribution in [-0.4, -0.2) is 26.3 Å². The average molecular weight is 216 g/mol. The summed E-state index contributed by atoms with van der Waals surface area (Å²) in [4.78, 5) is 11.8. The maximum Gasteiger partial charge on any atom is 0.309 e. The van der Waals surface area contributed by atoms with Crippen LogP contribution in [0.5, 0.6) is 0 Å². The predicted molar refractivity (Wildman–Crippen MR) is 60.7 cm³/mol. The Morgan fingerprint density at radius 1 is 1.27 bits per heavy atom. The number of rotatable bonds is 7. The Hall–Kier alpha value is -0.570. The smallest absolute Gasteiger partial charge is 0.309 e. The van der Waals surface area contributed by atoms with E-state index in [1.165, 1.54) is 0 Å². The summed E-state index contributed by atoms with van der Waals surface area (Å²) in [5, 5.41) is 0. The molecule has 0 saturated carbocycles. The highest BCUT2D eigenvalue weighted by molar-refractivity contribution is 5.73. The molecule has 3 heteroatoms. The molecule has 0 fully saturated rings. The number of carbonyl (C=O) groups excluding carboxylic acids is 1. The molecule has 0 N–H and O–H groups in total. The lowest BCUT2D eigenvalue weighted by Gasteiger charge is -2.30. The van der Waals surface area contributed by atoms with Crippen LogP contribution in [0.1, 0.15) is 40.5 Å². The Balaban J connectivity index is 4.22. The average Bonchev–Trinajstić information content (AvgIpc) is 2.19. The lowest BCUT2D eigenvalue weighted by molar-refractivity contribution is -0.154. The fourth-order valence-electron chi connectivity index (χ4n) is 1.61. The molecule has 0 aliphatic rings. The van der Waals surface area contributed by atoms with Crippen molar-refractivity contribution >= 4 is 5.97 Å². The maximum atomic E-state index is 11.8. The number of methoxy groups -OCH3 is 1. The van der Waals surface area contributed by atoms with Crippen molar-refractivity contribution in [2.45, 2.75) is 40.5 Å². The van der Waals surface area contributed by atoms with Crippen molar-refractivity contribution in [1.29, 1.82) is 0 Å². The number of hydrogen-bond acceptors (Lipinski definition) is 3. The second-order valence-corrected chi connectivity index (χ2v) is 4.46. The molecule has 1 atom stereocenters. The van der Waals surface area contributed by atoms with Crippen molar-refractivity contribution in [3.05, 3.63) is 0 Å². The Morgan fingerprint density at radius 3 is 2.27 bits per heavy atom. The summed E-state index contributed by atoms with van der Waals surface area (Å²) in [6.45, 7) is 9.17. The number of hydrogen-bond donors (Lipinski definition) is 0. The van der Waals surface area contributed by atoms with E-state index >= 15 is 0 Å². The molecule has 0 aromatic carbocycles. The number of esters is 1. The van der Waals surface area contributed by atoms with E-state index in [2.05, 4.69) is 20.8 Å². The molecule has 0 radical (unpaired) electrons. The molecule has 1 unspecified atom stereocenters. The van der Waals surface area contributed by atoms with Gasteiger partial charge >= 0.3 is 5.97 Å². The Morgan fingerprint density at radius 2 is 1.87 bits per heavy atom. The summed E-state index contributed by atoms with van der Waals surface area (Å²) in [6, 6.07) is 0. The van der Waals surface area contributed by atoms with Crippen LogP contribution < -0.4 is 0 Å². The molecule has 15 heavy (non-hydrogen) atoms. The van der Waals surface area contributed by atoms with Crippen LogP contribution in [-0.2, 0) is 14.3 Å². The van der Waals surface area contributed by atoms with Crippen molar-refractivity contribution in [2.24, 2.45) is 11.3 Å². The first kappa shape index (κ1) is 14.4. The van der Waals surface area contributed by atoms with E-state index in [-0.39, 0.29) is 17.3 Å². The highest BCUT2D eigenvalue weighted by Crippen LogP contribution is 2.33. The van der Waals surface area contributed by atoms with E-state index in [0.717, 1.165) is 12.8 Å². The molecule has 0 aromatic heterocycles. The zero-order valence-electron chi connectivity index (χ0n) is 10.6. The molecule has 0 bridgehead atoms. The summed E-state index contributed by atoms with van der Waals surface area (Å²) < 4.78 is 10.0. The van der Waals surface area contributed by atoms with Crippen LogP contribution >= 0.6 is 0 Å². The molecule has 0 rings (SSSR count). The summed E-state index contributed by atoms with van der Waals surface area (Å²) in [6.07, 6.45) is 1.80. The minimum absolute atomic E-state index is 0.0128. The highest BCUT2D eigenvalue weighted by atomic mass is 16.6. The van der Waals surface area contributed by atoms with Crippen LogP contribution in [0.15, 0.2) is 0 Å². The predicted octanol–water partition coefficient (Wildman–Crippen LogP) is 2.64. The van der Waals surface area contributed by atoms with Gasteiger partial charge in [-0.2, -0.15) is 0 Å². The largest absolute Gasteiger partial charge is 0.463 e. The normalized spacial score (nSPS) is 13.7. The molecule has 0 saturated heterocycles. The highest BCUT2D eigenvalue weighted by Gasteiger charge is 2.33. The third kappa shape index (κ3) is 4.65. The van der Waals surface area contributed by atoms with Gasteiger partial charge in [0, 0.05) is 7.11 Å². The summed E-state index contributed by atoms with van der Waals surface area (Å²) >= 11 is 0. The van der Waals surface area contributed by atoms with Gasteiger partial charge in [-0.3, -0.25) is 4.79 Å². The minimum atomic E-state index is -0.0959. The topological polar surface area (TPSA) is 35.5 Å². The monoisotopic (exact) mass is 216 g/mol. The third-order valence-electron chi connectivity index (χ3n) is 3.08. The SMILES string of the molecule is CCC(C(=O)OCCOC)C(C)(C)CC. The van der Waals surface area contributed by atoms with Gasteiger partial charge in [0.05, 0.1) is 12.5 Å². The van der Waals surface area contributed by atoms with Gasteiger partial charge in [0.25, 0.3) is 0 Å². The van der Waals surface area contributed by atoms with E-state index < -0.39 is 0 Å². The molecule has 0 amide bonds. The first-order valence-corrected chi connectivity index (χ1v) is 5.65. The molecule has 3 nitrogen and oxygen atoms in total. The van der Waals surface area contributed by atoms with Gasteiger partial charge in [-0.1, -0.05) is 34.1 Å². The van der Waals surface area contributed by atoms with Crippen molar-refractivity contribution in [3.63, 3.8) is 0 Å². The van der Waals surface area contributed by atoms with Gasteiger partial charge < -0.3 is 9.47 Å². The van der Waals surface area contributed by atoms with Crippen molar-refractivity contribution in [3.8, 4) is 0 Å². The van der Waals surface area contributed by atoms with Crippen LogP contribution in [0.3, 0.4) is 0 Å². The van der Waals surface area contributed by atoms with E-state index in [1.807, 2.05) is 6.92 Å².